The Morgan fingerprint density at radius 1 is 1.56 bits per heavy atom. The lowest BCUT2D eigenvalue weighted by Crippen LogP contribution is -2.30. The molecule has 0 unspecified atom stereocenters. The summed E-state index contributed by atoms with van der Waals surface area (Å²) in [6.07, 6.45) is -1.40. The molecule has 0 amide bonds. The van der Waals surface area contributed by atoms with Gasteiger partial charge in [-0.25, -0.2) is 21.9 Å². The van der Waals surface area contributed by atoms with E-state index in [-0.39, 0.29) is 11.6 Å². The smallest absolute Gasteiger partial charge is 0.257 e. The number of sulfonamides is 1. The highest BCUT2D eigenvalue weighted by molar-refractivity contribution is 7.89. The summed E-state index contributed by atoms with van der Waals surface area (Å²) < 4.78 is 48.7. The quantitative estimate of drug-likeness (QED) is 0.649. The van der Waals surface area contributed by atoms with Gasteiger partial charge in [0.25, 0.3) is 16.4 Å². The lowest BCUT2D eigenvalue weighted by Gasteiger charge is -2.06. The minimum absolute atomic E-state index is 0.192. The molecule has 6 nitrogen and oxygen atoms in total. The van der Waals surface area contributed by atoms with Gasteiger partial charge in [0.1, 0.15) is 0 Å². The molecule has 0 aromatic carbocycles. The molecule has 0 aliphatic heterocycles. The summed E-state index contributed by atoms with van der Waals surface area (Å²) in [7, 11) is -2.32. The predicted molar refractivity (Wildman–Crippen MR) is 52.5 cm³/mol. The molecular formula is C7H12F2N4O2S. The molecule has 1 aromatic rings. The summed E-state index contributed by atoms with van der Waals surface area (Å²) in [5.41, 5.74) is 0.393. The lowest BCUT2D eigenvalue weighted by atomic mass is 10.4. The summed E-state index contributed by atoms with van der Waals surface area (Å²) in [4.78, 5) is 0. The van der Waals surface area contributed by atoms with Crippen LogP contribution >= 0.6 is 0 Å². The molecule has 0 radical (unpaired) electrons. The summed E-state index contributed by atoms with van der Waals surface area (Å²) >= 11 is 0. The molecule has 0 aliphatic carbocycles. The molecule has 3 N–H and O–H groups in total. The van der Waals surface area contributed by atoms with Crippen molar-refractivity contribution in [2.24, 2.45) is 0 Å². The van der Waals surface area contributed by atoms with Gasteiger partial charge in [0.2, 0.25) is 0 Å². The molecule has 0 saturated heterocycles. The van der Waals surface area contributed by atoms with Gasteiger partial charge in [-0.05, 0) is 7.05 Å². The zero-order valence-corrected chi connectivity index (χ0v) is 9.31. The number of hydrogen-bond acceptors (Lipinski definition) is 4. The maximum Gasteiger partial charge on any atom is 0.257 e. The van der Waals surface area contributed by atoms with Crippen molar-refractivity contribution in [3.8, 4) is 0 Å². The molecule has 0 bridgehead atoms. The van der Waals surface area contributed by atoms with Crippen LogP contribution in [0.5, 0.6) is 0 Å². The monoisotopic (exact) mass is 254 g/mol. The van der Waals surface area contributed by atoms with E-state index in [1.165, 1.54) is 6.20 Å². The Bertz CT molecular complexity index is 431. The van der Waals surface area contributed by atoms with E-state index < -0.39 is 23.0 Å². The van der Waals surface area contributed by atoms with Crippen molar-refractivity contribution in [1.29, 1.82) is 0 Å². The normalized spacial score (nSPS) is 12.2. The molecule has 9 heteroatoms. The van der Waals surface area contributed by atoms with Gasteiger partial charge in [-0.15, -0.1) is 0 Å². The summed E-state index contributed by atoms with van der Waals surface area (Å²) in [5.74, 6) is 0. The van der Waals surface area contributed by atoms with E-state index in [9.17, 15) is 17.2 Å². The molecule has 1 aromatic heterocycles. The van der Waals surface area contributed by atoms with E-state index in [1.807, 2.05) is 0 Å². The first-order valence-corrected chi connectivity index (χ1v) is 5.90. The number of nitrogens with one attached hydrogen (secondary N) is 3. The van der Waals surface area contributed by atoms with E-state index in [0.717, 1.165) is 0 Å². The number of alkyl halides is 2. The van der Waals surface area contributed by atoms with E-state index >= 15 is 0 Å². The highest BCUT2D eigenvalue weighted by Crippen LogP contribution is 2.11. The lowest BCUT2D eigenvalue weighted by molar-refractivity contribution is 0.153. The van der Waals surface area contributed by atoms with Gasteiger partial charge < -0.3 is 5.32 Å². The molecule has 0 fully saturated rings. The largest absolute Gasteiger partial charge is 0.316 e. The fourth-order valence-electron chi connectivity index (χ4n) is 1.09. The van der Waals surface area contributed by atoms with Gasteiger partial charge >= 0.3 is 0 Å². The van der Waals surface area contributed by atoms with E-state index in [2.05, 4.69) is 15.5 Å². The molecule has 0 atom stereocenters. The van der Waals surface area contributed by atoms with Gasteiger partial charge in [-0.2, -0.15) is 5.10 Å². The second kappa shape index (κ2) is 5.32. The van der Waals surface area contributed by atoms with Crippen LogP contribution in [0.2, 0.25) is 0 Å². The van der Waals surface area contributed by atoms with Gasteiger partial charge in [-0.3, -0.25) is 5.10 Å². The van der Waals surface area contributed by atoms with Crippen LogP contribution in [0.15, 0.2) is 11.2 Å². The minimum atomic E-state index is -3.95. The zero-order chi connectivity index (χ0) is 12.2. The molecule has 0 spiro atoms. The Morgan fingerprint density at radius 3 is 2.81 bits per heavy atom. The fourth-order valence-corrected chi connectivity index (χ4v) is 2.23. The summed E-state index contributed by atoms with van der Waals surface area (Å²) in [5, 5.41) is 8.39. The predicted octanol–water partition coefficient (Wildman–Crippen LogP) is -0.327. The average molecular weight is 254 g/mol. The summed E-state index contributed by atoms with van der Waals surface area (Å²) in [6, 6.07) is 0. The van der Waals surface area contributed by atoms with Crippen molar-refractivity contribution in [3.63, 3.8) is 0 Å². The number of hydrogen-bond donors (Lipinski definition) is 3. The highest BCUT2D eigenvalue weighted by Gasteiger charge is 2.21. The topological polar surface area (TPSA) is 86.9 Å². The SMILES string of the molecule is CNCc1cn[nH]c1S(=O)(=O)NCC(F)F. The van der Waals surface area contributed by atoms with Crippen LogP contribution in [0.25, 0.3) is 0 Å². The van der Waals surface area contributed by atoms with E-state index in [4.69, 9.17) is 0 Å². The Labute approximate surface area is 91.5 Å². The zero-order valence-electron chi connectivity index (χ0n) is 8.50. The molecular weight excluding hydrogens is 242 g/mol. The molecule has 92 valence electrons. The van der Waals surface area contributed by atoms with Crippen molar-refractivity contribution in [2.45, 2.75) is 18.0 Å². The average Bonchev–Trinajstić information content (AvgIpc) is 2.64. The van der Waals surface area contributed by atoms with Crippen LogP contribution in [-0.2, 0) is 16.6 Å². The van der Waals surface area contributed by atoms with Crippen LogP contribution in [0.4, 0.5) is 8.78 Å². The number of aromatic amines is 1. The Kier molecular flexibility index (Phi) is 4.33. The maximum absolute atomic E-state index is 11.9. The number of nitrogens with zero attached hydrogens (tertiary/aromatic N) is 1. The molecule has 1 rings (SSSR count). The third kappa shape index (κ3) is 3.22. The van der Waals surface area contributed by atoms with Crippen LogP contribution in [0.3, 0.4) is 0 Å². The maximum atomic E-state index is 11.9. The number of halogens is 2. The third-order valence-corrected chi connectivity index (χ3v) is 3.18. The van der Waals surface area contributed by atoms with Crippen molar-refractivity contribution in [1.82, 2.24) is 20.2 Å². The second-order valence-electron chi connectivity index (χ2n) is 3.00. The summed E-state index contributed by atoms with van der Waals surface area (Å²) in [6.45, 7) is -0.637. The first-order valence-electron chi connectivity index (χ1n) is 4.42. The van der Waals surface area contributed by atoms with Gasteiger partial charge in [0.15, 0.2) is 5.03 Å². The van der Waals surface area contributed by atoms with Gasteiger partial charge in [0, 0.05) is 12.1 Å². The van der Waals surface area contributed by atoms with E-state index in [1.54, 1.807) is 11.8 Å². The second-order valence-corrected chi connectivity index (χ2v) is 4.70. The standard InChI is InChI=1S/C7H12F2N4O2S/c1-10-2-5-3-11-13-7(5)16(14,15)12-4-6(8)9/h3,6,10,12H,2,4H2,1H3,(H,11,13). The van der Waals surface area contributed by atoms with Gasteiger partial charge in [0.05, 0.1) is 12.7 Å². The molecule has 0 aliphatic rings. The van der Waals surface area contributed by atoms with Gasteiger partial charge in [-0.1, -0.05) is 0 Å². The minimum Gasteiger partial charge on any atom is -0.316 e. The van der Waals surface area contributed by atoms with Crippen LogP contribution in [0.1, 0.15) is 5.56 Å². The van der Waals surface area contributed by atoms with Crippen LogP contribution in [0, 0.1) is 0 Å². The third-order valence-electron chi connectivity index (χ3n) is 1.74. The van der Waals surface area contributed by atoms with Crippen molar-refractivity contribution in [2.75, 3.05) is 13.6 Å². The molecule has 1 heterocycles. The van der Waals surface area contributed by atoms with Crippen molar-refractivity contribution in [3.05, 3.63) is 11.8 Å². The number of aromatic nitrogens is 2. The highest BCUT2D eigenvalue weighted by atomic mass is 32.2. The Morgan fingerprint density at radius 2 is 2.25 bits per heavy atom. The van der Waals surface area contributed by atoms with Crippen LogP contribution < -0.4 is 10.0 Å². The fraction of sp³-hybridized carbons (Fsp3) is 0.571. The first kappa shape index (κ1) is 13.0. The number of rotatable bonds is 6. The van der Waals surface area contributed by atoms with Crippen LogP contribution in [-0.4, -0.2) is 38.6 Å². The van der Waals surface area contributed by atoms with Crippen molar-refractivity contribution < 1.29 is 17.2 Å². The molecule has 0 saturated carbocycles. The van der Waals surface area contributed by atoms with E-state index in [0.29, 0.717) is 5.56 Å². The first-order chi connectivity index (χ1) is 7.47. The van der Waals surface area contributed by atoms with Crippen molar-refractivity contribution >= 4 is 10.0 Å². The molecule has 16 heavy (non-hydrogen) atoms. The Hall–Kier alpha value is -1.06. The number of H-pyrrole nitrogens is 1. The Balaban J connectivity index is 2.85.